The second-order valence-corrected chi connectivity index (χ2v) is 10.6. The number of benzene rings is 4. The molecule has 0 atom stereocenters. The molecule has 0 aliphatic carbocycles. The van der Waals surface area contributed by atoms with Gasteiger partial charge in [-0.15, -0.1) is 0 Å². The highest BCUT2D eigenvalue weighted by molar-refractivity contribution is 6.04. The van der Waals surface area contributed by atoms with Gasteiger partial charge in [-0.3, -0.25) is 14.6 Å². The highest BCUT2D eigenvalue weighted by Gasteiger charge is 2.38. The zero-order chi connectivity index (χ0) is 32.2. The van der Waals surface area contributed by atoms with Crippen LogP contribution >= 0.6 is 0 Å². The molecule has 0 aromatic heterocycles. The summed E-state index contributed by atoms with van der Waals surface area (Å²) in [7, 11) is 0. The second-order valence-electron chi connectivity index (χ2n) is 10.6. The van der Waals surface area contributed by atoms with Crippen molar-refractivity contribution in [2.45, 2.75) is 25.7 Å². The molecule has 232 valence electrons. The van der Waals surface area contributed by atoms with Gasteiger partial charge < -0.3 is 10.4 Å². The van der Waals surface area contributed by atoms with Crippen molar-refractivity contribution in [3.05, 3.63) is 125 Å². The molecule has 1 heterocycles. The van der Waals surface area contributed by atoms with Gasteiger partial charge in [0.2, 0.25) is 0 Å². The minimum atomic E-state index is -5.08. The Morgan fingerprint density at radius 3 is 1.91 bits per heavy atom. The molecule has 45 heavy (non-hydrogen) atoms. The van der Waals surface area contributed by atoms with Crippen LogP contribution in [0.15, 0.2) is 103 Å². The Bertz CT molecular complexity index is 1600. The summed E-state index contributed by atoms with van der Waals surface area (Å²) in [6, 6.07) is 36.1. The third-order valence-corrected chi connectivity index (χ3v) is 7.26. The topological polar surface area (TPSA) is 96.7 Å². The van der Waals surface area contributed by atoms with Crippen LogP contribution in [0.1, 0.15) is 33.5 Å². The summed E-state index contributed by atoms with van der Waals surface area (Å²) >= 11 is 0. The summed E-state index contributed by atoms with van der Waals surface area (Å²) in [6.07, 6.45) is -3.97. The van der Waals surface area contributed by atoms with E-state index in [0.717, 1.165) is 62.5 Å². The maximum atomic E-state index is 12.9. The maximum absolute atomic E-state index is 12.9. The molecule has 1 aliphatic rings. The van der Waals surface area contributed by atoms with Gasteiger partial charge in [0.1, 0.15) is 0 Å². The lowest BCUT2D eigenvalue weighted by Gasteiger charge is -2.22. The monoisotopic (exact) mass is 614 g/mol. The largest absolute Gasteiger partial charge is 0.490 e. The van der Waals surface area contributed by atoms with Crippen LogP contribution in [-0.4, -0.2) is 59.1 Å². The molecule has 5 rings (SSSR count). The van der Waals surface area contributed by atoms with E-state index in [-0.39, 0.29) is 5.91 Å². The van der Waals surface area contributed by atoms with Gasteiger partial charge in [0, 0.05) is 37.4 Å². The maximum Gasteiger partial charge on any atom is 0.490 e. The van der Waals surface area contributed by atoms with E-state index >= 15 is 0 Å². The Morgan fingerprint density at radius 1 is 0.756 bits per heavy atom. The SMILES string of the molecule is N#Cc1ccc(CN2CCCN(Cc3cccc(NC(=O)c4ccc(-c5ccccc5)cc4)c3)CC2)cc1.O=C(O)C(F)(F)F. The highest BCUT2D eigenvalue weighted by Crippen LogP contribution is 2.21. The Kier molecular flexibility index (Phi) is 11.5. The number of rotatable bonds is 7. The van der Waals surface area contributed by atoms with Gasteiger partial charge in [-0.1, -0.05) is 66.7 Å². The third kappa shape index (κ3) is 10.3. The quantitative estimate of drug-likeness (QED) is 0.237. The van der Waals surface area contributed by atoms with Gasteiger partial charge in [0.05, 0.1) is 11.6 Å². The summed E-state index contributed by atoms with van der Waals surface area (Å²) in [5, 5.41) is 19.2. The van der Waals surface area contributed by atoms with Crippen molar-refractivity contribution in [3.63, 3.8) is 0 Å². The van der Waals surface area contributed by atoms with Crippen LogP contribution in [0.4, 0.5) is 18.9 Å². The number of amides is 1. The van der Waals surface area contributed by atoms with E-state index in [1.807, 2.05) is 66.7 Å². The van der Waals surface area contributed by atoms with Gasteiger partial charge in [-0.2, -0.15) is 18.4 Å². The molecule has 0 spiro atoms. The van der Waals surface area contributed by atoms with Crippen molar-refractivity contribution in [2.24, 2.45) is 0 Å². The van der Waals surface area contributed by atoms with Crippen LogP contribution in [0.3, 0.4) is 0 Å². The number of nitrogens with zero attached hydrogens (tertiary/aromatic N) is 3. The van der Waals surface area contributed by atoms with Crippen LogP contribution in [0, 0.1) is 11.3 Å². The number of alkyl halides is 3. The molecule has 4 aromatic rings. The fourth-order valence-corrected chi connectivity index (χ4v) is 4.94. The molecule has 1 amide bonds. The fourth-order valence-electron chi connectivity index (χ4n) is 4.94. The van der Waals surface area contributed by atoms with Crippen LogP contribution in [0.2, 0.25) is 0 Å². The smallest absolute Gasteiger partial charge is 0.475 e. The third-order valence-electron chi connectivity index (χ3n) is 7.26. The molecule has 0 unspecified atom stereocenters. The summed E-state index contributed by atoms with van der Waals surface area (Å²) in [6.45, 7) is 5.90. The summed E-state index contributed by atoms with van der Waals surface area (Å²) in [4.78, 5) is 26.8. The number of nitriles is 1. The van der Waals surface area contributed by atoms with Crippen molar-refractivity contribution in [2.75, 3.05) is 31.5 Å². The Morgan fingerprint density at radius 2 is 1.33 bits per heavy atom. The summed E-state index contributed by atoms with van der Waals surface area (Å²) < 4.78 is 31.7. The first-order valence-electron chi connectivity index (χ1n) is 14.4. The van der Waals surface area contributed by atoms with Crippen LogP contribution in [0.25, 0.3) is 11.1 Å². The number of hydrogen-bond acceptors (Lipinski definition) is 5. The number of carbonyl (C=O) groups is 2. The zero-order valence-electron chi connectivity index (χ0n) is 24.5. The number of nitrogens with one attached hydrogen (secondary N) is 1. The van der Waals surface area contributed by atoms with Crippen molar-refractivity contribution in [1.82, 2.24) is 9.80 Å². The molecule has 4 aromatic carbocycles. The second kappa shape index (κ2) is 15.7. The summed E-state index contributed by atoms with van der Waals surface area (Å²) in [5.74, 6) is -2.86. The predicted molar refractivity (Wildman–Crippen MR) is 166 cm³/mol. The molecule has 10 heteroatoms. The average Bonchev–Trinajstić information content (AvgIpc) is 3.26. The van der Waals surface area contributed by atoms with Crippen molar-refractivity contribution >= 4 is 17.6 Å². The van der Waals surface area contributed by atoms with Gasteiger partial charge >= 0.3 is 12.1 Å². The molecule has 1 saturated heterocycles. The highest BCUT2D eigenvalue weighted by atomic mass is 19.4. The first-order valence-corrected chi connectivity index (χ1v) is 14.4. The molecular formula is C35H33F3N4O3. The molecular weight excluding hydrogens is 581 g/mol. The van der Waals surface area contributed by atoms with Crippen LogP contribution in [0.5, 0.6) is 0 Å². The van der Waals surface area contributed by atoms with Gasteiger partial charge in [0.15, 0.2) is 0 Å². The Balaban J connectivity index is 0.000000591. The van der Waals surface area contributed by atoms with Crippen molar-refractivity contribution < 1.29 is 27.9 Å². The van der Waals surface area contributed by atoms with E-state index in [1.54, 1.807) is 0 Å². The van der Waals surface area contributed by atoms with Gasteiger partial charge in [-0.25, -0.2) is 4.79 Å². The van der Waals surface area contributed by atoms with E-state index in [9.17, 15) is 18.0 Å². The minimum Gasteiger partial charge on any atom is -0.475 e. The van der Waals surface area contributed by atoms with E-state index in [4.69, 9.17) is 15.2 Å². The lowest BCUT2D eigenvalue weighted by Crippen LogP contribution is -2.30. The summed E-state index contributed by atoms with van der Waals surface area (Å²) in [5.41, 5.74) is 6.84. The molecule has 0 saturated carbocycles. The zero-order valence-corrected chi connectivity index (χ0v) is 24.5. The molecule has 1 aliphatic heterocycles. The fraction of sp³-hybridized carbons (Fsp3) is 0.229. The van der Waals surface area contributed by atoms with Gasteiger partial charge in [-0.05, 0) is 78.2 Å². The van der Waals surface area contributed by atoms with Crippen LogP contribution in [-0.2, 0) is 17.9 Å². The number of aliphatic carboxylic acids is 1. The van der Waals surface area contributed by atoms with Crippen molar-refractivity contribution in [1.29, 1.82) is 5.26 Å². The molecule has 7 nitrogen and oxygen atoms in total. The number of halogens is 3. The van der Waals surface area contributed by atoms with Crippen LogP contribution < -0.4 is 5.32 Å². The normalized spacial score (nSPS) is 13.9. The average molecular weight is 615 g/mol. The van der Waals surface area contributed by atoms with Crippen molar-refractivity contribution in [3.8, 4) is 17.2 Å². The van der Waals surface area contributed by atoms with E-state index in [1.165, 1.54) is 11.1 Å². The van der Waals surface area contributed by atoms with E-state index < -0.39 is 12.1 Å². The molecule has 0 bridgehead atoms. The molecule has 1 fully saturated rings. The van der Waals surface area contributed by atoms with E-state index in [2.05, 4.69) is 57.6 Å². The molecule has 0 radical (unpaired) electrons. The number of carbonyl (C=O) groups excluding carboxylic acids is 1. The Hall–Kier alpha value is -4.98. The lowest BCUT2D eigenvalue weighted by atomic mass is 10.0. The first-order chi connectivity index (χ1) is 21.6. The number of anilines is 1. The Labute approximate surface area is 260 Å². The number of carboxylic acid groups (broad SMARTS) is 1. The standard InChI is InChI=1S/C33H32N4O.C2HF3O2/c34-23-26-10-12-27(13-11-26)24-36-18-5-19-37(21-20-36)25-28-6-4-9-32(22-28)35-33(38)31-16-14-30(15-17-31)29-7-2-1-3-8-29;3-2(4,5)1(6)7/h1-4,6-17,22H,5,18-21,24-25H2,(H,35,38);(H,6,7). The predicted octanol–water partition coefficient (Wildman–Crippen LogP) is 6.82. The first kappa shape index (κ1) is 32.9. The number of hydrogen-bond donors (Lipinski definition) is 2. The van der Waals surface area contributed by atoms with Gasteiger partial charge in [0.25, 0.3) is 5.91 Å². The molecule has 2 N–H and O–H groups in total. The lowest BCUT2D eigenvalue weighted by molar-refractivity contribution is -0.192. The number of carboxylic acids is 1. The minimum absolute atomic E-state index is 0.102. The van der Waals surface area contributed by atoms with E-state index in [0.29, 0.717) is 11.1 Å².